The Hall–Kier alpha value is -1.19. The molecule has 0 aliphatic heterocycles. The smallest absolute Gasteiger partial charge is 0.416 e. The second-order valence-corrected chi connectivity index (χ2v) is 4.93. The third kappa shape index (κ3) is 5.54. The van der Waals surface area contributed by atoms with Gasteiger partial charge in [0.1, 0.15) is 5.75 Å². The predicted molar refractivity (Wildman–Crippen MR) is 91.9 cm³/mol. The second-order valence-electron chi connectivity index (χ2n) is 4.93. The molecular weight excluding hydrogens is 410 g/mol. The molecular formula is C14H21F3IN3O. The van der Waals surface area contributed by atoms with E-state index < -0.39 is 11.7 Å². The Kier molecular flexibility index (Phi) is 7.99. The molecule has 8 heteroatoms. The van der Waals surface area contributed by atoms with Crippen LogP contribution in [-0.4, -0.2) is 51.1 Å². The molecule has 0 aliphatic carbocycles. The fraction of sp³-hybridized carbons (Fsp3) is 0.500. The zero-order valence-corrected chi connectivity index (χ0v) is 15.6. The van der Waals surface area contributed by atoms with Crippen molar-refractivity contribution < 1.29 is 17.9 Å². The Morgan fingerprint density at radius 1 is 1.14 bits per heavy atom. The molecule has 0 saturated heterocycles. The quantitative estimate of drug-likeness (QED) is 0.418. The van der Waals surface area contributed by atoms with Crippen LogP contribution in [0.4, 0.5) is 13.2 Å². The highest BCUT2D eigenvalue weighted by Gasteiger charge is 2.33. The highest BCUT2D eigenvalue weighted by molar-refractivity contribution is 14.0. The first-order valence-corrected chi connectivity index (χ1v) is 6.30. The molecule has 0 N–H and O–H groups in total. The molecule has 0 aliphatic rings. The number of halogens is 4. The number of alkyl halides is 3. The highest BCUT2D eigenvalue weighted by atomic mass is 127. The molecule has 0 spiro atoms. The lowest BCUT2D eigenvalue weighted by Gasteiger charge is -2.23. The maximum atomic E-state index is 13.1. The van der Waals surface area contributed by atoms with Gasteiger partial charge in [-0.15, -0.1) is 24.0 Å². The van der Waals surface area contributed by atoms with E-state index >= 15 is 0 Å². The Morgan fingerprint density at radius 3 is 2.09 bits per heavy atom. The third-order valence-electron chi connectivity index (χ3n) is 2.81. The number of rotatable bonds is 3. The van der Waals surface area contributed by atoms with Gasteiger partial charge in [0.15, 0.2) is 5.96 Å². The van der Waals surface area contributed by atoms with E-state index in [0.29, 0.717) is 5.96 Å². The van der Waals surface area contributed by atoms with Crippen LogP contribution in [0.1, 0.15) is 11.1 Å². The number of methoxy groups -OCH3 is 1. The summed E-state index contributed by atoms with van der Waals surface area (Å²) < 4.78 is 44.1. The van der Waals surface area contributed by atoms with E-state index in [1.807, 2.05) is 0 Å². The predicted octanol–water partition coefficient (Wildman–Crippen LogP) is 3.31. The highest BCUT2D eigenvalue weighted by Crippen LogP contribution is 2.34. The van der Waals surface area contributed by atoms with Crippen molar-refractivity contribution in [2.45, 2.75) is 12.7 Å². The maximum absolute atomic E-state index is 13.1. The normalized spacial score (nSPS) is 10.5. The van der Waals surface area contributed by atoms with Gasteiger partial charge in [-0.3, -0.25) is 0 Å². The largest absolute Gasteiger partial charge is 0.497 e. The van der Waals surface area contributed by atoms with Gasteiger partial charge in [-0.25, -0.2) is 4.99 Å². The Labute approximate surface area is 146 Å². The van der Waals surface area contributed by atoms with Crippen LogP contribution in [0.25, 0.3) is 0 Å². The van der Waals surface area contributed by atoms with Crippen LogP contribution in [0, 0.1) is 0 Å². The van der Waals surface area contributed by atoms with Crippen molar-refractivity contribution in [2.75, 3.05) is 35.3 Å². The van der Waals surface area contributed by atoms with Crippen molar-refractivity contribution in [3.05, 3.63) is 29.3 Å². The van der Waals surface area contributed by atoms with Crippen molar-refractivity contribution in [3.63, 3.8) is 0 Å². The number of benzene rings is 1. The van der Waals surface area contributed by atoms with E-state index in [1.165, 1.54) is 19.2 Å². The molecule has 1 aromatic carbocycles. The van der Waals surface area contributed by atoms with Crippen LogP contribution in [0.2, 0.25) is 0 Å². The minimum atomic E-state index is -4.43. The van der Waals surface area contributed by atoms with Crippen molar-refractivity contribution in [1.82, 2.24) is 9.80 Å². The minimum absolute atomic E-state index is 0. The number of nitrogens with zero attached hydrogens (tertiary/aromatic N) is 3. The lowest BCUT2D eigenvalue weighted by atomic mass is 10.1. The van der Waals surface area contributed by atoms with Crippen molar-refractivity contribution in [3.8, 4) is 5.75 Å². The lowest BCUT2D eigenvalue weighted by molar-refractivity contribution is -0.138. The first-order chi connectivity index (χ1) is 9.66. The summed E-state index contributed by atoms with van der Waals surface area (Å²) >= 11 is 0. The van der Waals surface area contributed by atoms with Gasteiger partial charge in [-0.1, -0.05) is 6.07 Å². The summed E-state index contributed by atoms with van der Waals surface area (Å²) in [6.07, 6.45) is -4.43. The number of hydrogen-bond acceptors (Lipinski definition) is 2. The molecule has 0 bridgehead atoms. The maximum Gasteiger partial charge on any atom is 0.416 e. The molecule has 0 amide bonds. The van der Waals surface area contributed by atoms with E-state index in [0.717, 1.165) is 6.07 Å². The fourth-order valence-electron chi connectivity index (χ4n) is 1.92. The number of guanidine groups is 1. The fourth-order valence-corrected chi connectivity index (χ4v) is 1.92. The van der Waals surface area contributed by atoms with Gasteiger partial charge in [0.05, 0.1) is 19.2 Å². The van der Waals surface area contributed by atoms with E-state index in [9.17, 15) is 13.2 Å². The monoisotopic (exact) mass is 431 g/mol. The van der Waals surface area contributed by atoms with Gasteiger partial charge in [0, 0.05) is 28.2 Å². The van der Waals surface area contributed by atoms with Crippen LogP contribution in [-0.2, 0) is 12.7 Å². The van der Waals surface area contributed by atoms with Crippen molar-refractivity contribution in [2.24, 2.45) is 4.99 Å². The summed E-state index contributed by atoms with van der Waals surface area (Å²) in [5, 5.41) is 0. The molecule has 22 heavy (non-hydrogen) atoms. The van der Waals surface area contributed by atoms with Gasteiger partial charge >= 0.3 is 6.18 Å². The molecule has 0 aromatic heterocycles. The van der Waals surface area contributed by atoms with E-state index in [-0.39, 0.29) is 41.8 Å². The summed E-state index contributed by atoms with van der Waals surface area (Å²) in [5.41, 5.74) is -0.605. The van der Waals surface area contributed by atoms with Gasteiger partial charge in [0.25, 0.3) is 0 Å². The van der Waals surface area contributed by atoms with Gasteiger partial charge in [-0.2, -0.15) is 13.2 Å². The van der Waals surface area contributed by atoms with E-state index in [2.05, 4.69) is 4.99 Å². The molecule has 1 aromatic rings. The van der Waals surface area contributed by atoms with Crippen molar-refractivity contribution in [1.29, 1.82) is 0 Å². The van der Waals surface area contributed by atoms with Crippen LogP contribution in [0.5, 0.6) is 5.75 Å². The summed E-state index contributed by atoms with van der Waals surface area (Å²) in [7, 11) is 8.49. The van der Waals surface area contributed by atoms with E-state index in [1.54, 1.807) is 38.0 Å². The Bertz CT molecular complexity index is 507. The Morgan fingerprint density at radius 2 is 1.68 bits per heavy atom. The summed E-state index contributed by atoms with van der Waals surface area (Å²) in [4.78, 5) is 7.74. The minimum Gasteiger partial charge on any atom is -0.497 e. The molecule has 0 heterocycles. The molecule has 0 saturated carbocycles. The molecule has 0 unspecified atom stereocenters. The molecule has 126 valence electrons. The van der Waals surface area contributed by atoms with Crippen molar-refractivity contribution >= 4 is 29.9 Å². The third-order valence-corrected chi connectivity index (χ3v) is 2.81. The first-order valence-electron chi connectivity index (χ1n) is 6.30. The molecule has 0 radical (unpaired) electrons. The van der Waals surface area contributed by atoms with Crippen LogP contribution < -0.4 is 4.74 Å². The second kappa shape index (κ2) is 8.44. The Balaban J connectivity index is 0.00000441. The zero-order valence-electron chi connectivity index (χ0n) is 13.2. The van der Waals surface area contributed by atoms with Crippen LogP contribution in [0.3, 0.4) is 0 Å². The average Bonchev–Trinajstić information content (AvgIpc) is 2.37. The summed E-state index contributed by atoms with van der Waals surface area (Å²) in [6, 6.07) is 3.90. The molecule has 0 fully saturated rings. The number of hydrogen-bond donors (Lipinski definition) is 0. The lowest BCUT2D eigenvalue weighted by Crippen LogP contribution is -2.35. The van der Waals surface area contributed by atoms with Gasteiger partial charge in [0.2, 0.25) is 0 Å². The number of aliphatic imine (C=N–C) groups is 1. The molecule has 4 nitrogen and oxygen atoms in total. The topological polar surface area (TPSA) is 28.1 Å². The van der Waals surface area contributed by atoms with Crippen LogP contribution in [0.15, 0.2) is 23.2 Å². The summed E-state index contributed by atoms with van der Waals surface area (Å²) in [5.74, 6) is 0.773. The zero-order chi connectivity index (χ0) is 16.2. The standard InChI is InChI=1S/C14H20F3N3O.HI/c1-19(2)13(20(3)4)18-9-10-6-7-11(21-5)8-12(10)14(15,16)17;/h6-8H,9H2,1-5H3;1H. The van der Waals surface area contributed by atoms with Gasteiger partial charge in [-0.05, 0) is 17.7 Å². The SMILES string of the molecule is COc1ccc(CN=C(N(C)C)N(C)C)c(C(F)(F)F)c1.I. The average molecular weight is 431 g/mol. The van der Waals surface area contributed by atoms with E-state index in [4.69, 9.17) is 4.74 Å². The number of ether oxygens (including phenoxy) is 1. The first kappa shape index (κ1) is 20.8. The van der Waals surface area contributed by atoms with Gasteiger partial charge < -0.3 is 14.5 Å². The molecule has 1 rings (SSSR count). The van der Waals surface area contributed by atoms with Crippen LogP contribution >= 0.6 is 24.0 Å². The molecule has 0 atom stereocenters. The summed E-state index contributed by atoms with van der Waals surface area (Å²) in [6.45, 7) is -0.0511.